The van der Waals surface area contributed by atoms with Crippen molar-refractivity contribution in [3.63, 3.8) is 0 Å². The number of carbonyl (C=O) groups excluding carboxylic acids is 2. The number of piperidine rings is 1. The number of imidazole rings is 1. The molecular formula is C36H45N5O4. The fourth-order valence-corrected chi connectivity index (χ4v) is 6.17. The number of rotatable bonds is 14. The Kier molecular flexibility index (Phi) is 11.4. The van der Waals surface area contributed by atoms with Crippen molar-refractivity contribution in [1.82, 2.24) is 19.8 Å². The van der Waals surface area contributed by atoms with Gasteiger partial charge in [-0.15, -0.1) is 0 Å². The number of hydrogen-bond donors (Lipinski definition) is 2. The van der Waals surface area contributed by atoms with Gasteiger partial charge in [0.25, 0.3) is 5.91 Å². The Hall–Kier alpha value is -4.05. The van der Waals surface area contributed by atoms with Crippen molar-refractivity contribution in [2.24, 2.45) is 5.73 Å². The highest BCUT2D eigenvalue weighted by molar-refractivity contribution is 5.94. The maximum Gasteiger partial charge on any atom is 0.251 e. The summed E-state index contributed by atoms with van der Waals surface area (Å²) in [7, 11) is 3.34. The minimum atomic E-state index is -0.266. The van der Waals surface area contributed by atoms with Crippen molar-refractivity contribution >= 4 is 22.8 Å². The zero-order valence-electron chi connectivity index (χ0n) is 26.4. The summed E-state index contributed by atoms with van der Waals surface area (Å²) in [4.78, 5) is 32.7. The van der Waals surface area contributed by atoms with Gasteiger partial charge in [-0.2, -0.15) is 0 Å². The van der Waals surface area contributed by atoms with E-state index in [0.717, 1.165) is 65.9 Å². The number of ether oxygens (including phenoxy) is 2. The number of hydrogen-bond acceptors (Lipinski definition) is 6. The molecule has 9 heteroatoms. The van der Waals surface area contributed by atoms with Crippen LogP contribution in [0.3, 0.4) is 0 Å². The van der Waals surface area contributed by atoms with Crippen LogP contribution in [0.25, 0.3) is 22.2 Å². The highest BCUT2D eigenvalue weighted by Crippen LogP contribution is 2.30. The molecule has 0 saturated carbocycles. The molecule has 0 spiro atoms. The molecular weight excluding hydrogens is 566 g/mol. The number of aryl methyl sites for hydroxylation is 1. The van der Waals surface area contributed by atoms with E-state index in [2.05, 4.69) is 52.3 Å². The number of para-hydroxylation sites is 2. The van der Waals surface area contributed by atoms with Gasteiger partial charge in [-0.1, -0.05) is 48.5 Å². The van der Waals surface area contributed by atoms with E-state index in [1.807, 2.05) is 35.2 Å². The van der Waals surface area contributed by atoms with E-state index in [9.17, 15) is 9.59 Å². The second-order valence-corrected chi connectivity index (χ2v) is 11.8. The molecule has 2 heterocycles. The maximum atomic E-state index is 13.4. The van der Waals surface area contributed by atoms with Gasteiger partial charge in [-0.25, -0.2) is 4.98 Å². The fourth-order valence-electron chi connectivity index (χ4n) is 6.17. The third-order valence-electron chi connectivity index (χ3n) is 8.51. The van der Waals surface area contributed by atoms with Crippen LogP contribution < -0.4 is 11.1 Å². The molecule has 5 rings (SSSR count). The summed E-state index contributed by atoms with van der Waals surface area (Å²) in [6, 6.07) is 23.8. The van der Waals surface area contributed by atoms with Crippen molar-refractivity contribution in [2.45, 2.75) is 50.6 Å². The fraction of sp³-hybridized carbons (Fsp3) is 0.417. The van der Waals surface area contributed by atoms with Crippen LogP contribution in [-0.2, 0) is 27.2 Å². The largest absolute Gasteiger partial charge is 0.385 e. The van der Waals surface area contributed by atoms with Crippen LogP contribution in [0, 0.1) is 0 Å². The highest BCUT2D eigenvalue weighted by atomic mass is 16.5. The summed E-state index contributed by atoms with van der Waals surface area (Å²) in [5, 5.41) is 2.83. The van der Waals surface area contributed by atoms with Gasteiger partial charge in [0.2, 0.25) is 5.91 Å². The molecule has 45 heavy (non-hydrogen) atoms. The number of fused-ring (bicyclic) bond motifs is 1. The van der Waals surface area contributed by atoms with Crippen LogP contribution in [-0.4, -0.2) is 79.4 Å². The highest BCUT2D eigenvalue weighted by Gasteiger charge is 2.29. The SMILES string of the molecule is COCCCn1c([C@@H]2CCCN(C(=O)C[C@H](N)Cc3ccc(-c4ccc(C(=O)NCCOC)cc4)cc3)C2)nc2ccccc21. The summed E-state index contributed by atoms with van der Waals surface area (Å²) in [5.74, 6) is 1.25. The van der Waals surface area contributed by atoms with Crippen molar-refractivity contribution in [1.29, 1.82) is 0 Å². The van der Waals surface area contributed by atoms with Crippen molar-refractivity contribution in [3.05, 3.63) is 89.7 Å². The average Bonchev–Trinajstić information content (AvgIpc) is 3.44. The van der Waals surface area contributed by atoms with E-state index in [-0.39, 0.29) is 23.8 Å². The van der Waals surface area contributed by atoms with Crippen LogP contribution in [0.4, 0.5) is 0 Å². The molecule has 2 atom stereocenters. The normalized spacial score (nSPS) is 15.7. The zero-order chi connectivity index (χ0) is 31.6. The average molecular weight is 612 g/mol. The van der Waals surface area contributed by atoms with Gasteiger partial charge in [0, 0.05) is 70.9 Å². The van der Waals surface area contributed by atoms with Crippen LogP contribution in [0.1, 0.15) is 53.3 Å². The lowest BCUT2D eigenvalue weighted by Gasteiger charge is -2.33. The van der Waals surface area contributed by atoms with Crippen LogP contribution in [0.15, 0.2) is 72.8 Å². The van der Waals surface area contributed by atoms with E-state index in [1.165, 1.54) is 0 Å². The van der Waals surface area contributed by atoms with Crippen molar-refractivity contribution in [2.75, 3.05) is 47.1 Å². The molecule has 4 aromatic rings. The number of benzene rings is 3. The number of likely N-dealkylation sites (tertiary alicyclic amines) is 1. The second kappa shape index (κ2) is 15.8. The predicted molar refractivity (Wildman–Crippen MR) is 177 cm³/mol. The van der Waals surface area contributed by atoms with Crippen molar-refractivity contribution < 1.29 is 19.1 Å². The first-order chi connectivity index (χ1) is 22.0. The maximum absolute atomic E-state index is 13.4. The van der Waals surface area contributed by atoms with E-state index in [0.29, 0.717) is 44.7 Å². The Morgan fingerprint density at radius 2 is 1.69 bits per heavy atom. The van der Waals surface area contributed by atoms with Gasteiger partial charge in [0.05, 0.1) is 17.6 Å². The van der Waals surface area contributed by atoms with Gasteiger partial charge in [-0.05, 0) is 66.6 Å². The van der Waals surface area contributed by atoms with Crippen molar-refractivity contribution in [3.8, 4) is 11.1 Å². The van der Waals surface area contributed by atoms with E-state index >= 15 is 0 Å². The zero-order valence-corrected chi connectivity index (χ0v) is 26.4. The minimum Gasteiger partial charge on any atom is -0.385 e. The lowest BCUT2D eigenvalue weighted by Crippen LogP contribution is -2.42. The summed E-state index contributed by atoms with van der Waals surface area (Å²) in [6.07, 6.45) is 3.81. The summed E-state index contributed by atoms with van der Waals surface area (Å²) in [6.45, 7) is 3.92. The molecule has 0 unspecified atom stereocenters. The first-order valence-corrected chi connectivity index (χ1v) is 15.9. The standard InChI is InChI=1S/C36H45N5O4/c1-44-21-6-20-41-33-9-4-3-8-32(33)39-35(41)30-7-5-19-40(25-30)34(42)24-31(37)23-26-10-12-27(13-11-26)28-14-16-29(17-15-28)36(43)38-18-22-45-2/h3-4,8-17,30-31H,5-7,18-25,37H2,1-2H3,(H,38,43)/t30-,31-/m1/s1. The molecule has 1 saturated heterocycles. The van der Waals surface area contributed by atoms with Gasteiger partial charge in [0.1, 0.15) is 5.82 Å². The van der Waals surface area contributed by atoms with Crippen LogP contribution >= 0.6 is 0 Å². The quantitative estimate of drug-likeness (QED) is 0.199. The van der Waals surface area contributed by atoms with Crippen LogP contribution in [0.2, 0.25) is 0 Å². The first kappa shape index (κ1) is 32.3. The first-order valence-electron chi connectivity index (χ1n) is 15.9. The Labute approximate surface area is 265 Å². The predicted octanol–water partition coefficient (Wildman–Crippen LogP) is 4.78. The Bertz CT molecular complexity index is 1550. The number of aromatic nitrogens is 2. The van der Waals surface area contributed by atoms with Crippen LogP contribution in [0.5, 0.6) is 0 Å². The summed E-state index contributed by atoms with van der Waals surface area (Å²) < 4.78 is 12.6. The number of carbonyl (C=O) groups is 2. The number of nitrogens with two attached hydrogens (primary N) is 1. The minimum absolute atomic E-state index is 0.109. The molecule has 0 bridgehead atoms. The lowest BCUT2D eigenvalue weighted by molar-refractivity contribution is -0.132. The van der Waals surface area contributed by atoms with Gasteiger partial charge in [0.15, 0.2) is 0 Å². The molecule has 1 aliphatic rings. The Balaban J connectivity index is 1.16. The number of nitrogens with zero attached hydrogens (tertiary/aromatic N) is 3. The summed E-state index contributed by atoms with van der Waals surface area (Å²) in [5.41, 5.74) is 12.4. The smallest absolute Gasteiger partial charge is 0.251 e. The Morgan fingerprint density at radius 3 is 2.42 bits per heavy atom. The molecule has 3 aromatic carbocycles. The third-order valence-corrected chi connectivity index (χ3v) is 8.51. The number of methoxy groups -OCH3 is 2. The third kappa shape index (κ3) is 8.36. The van der Waals surface area contributed by atoms with Gasteiger partial charge in [-0.3, -0.25) is 9.59 Å². The molecule has 1 aromatic heterocycles. The molecule has 2 amide bonds. The van der Waals surface area contributed by atoms with Gasteiger partial charge < -0.3 is 30.0 Å². The Morgan fingerprint density at radius 1 is 0.978 bits per heavy atom. The monoisotopic (exact) mass is 611 g/mol. The second-order valence-electron chi connectivity index (χ2n) is 11.8. The molecule has 0 aliphatic carbocycles. The molecule has 9 nitrogen and oxygen atoms in total. The van der Waals surface area contributed by atoms with E-state index in [1.54, 1.807) is 14.2 Å². The number of nitrogens with one attached hydrogen (secondary N) is 1. The van der Waals surface area contributed by atoms with E-state index < -0.39 is 0 Å². The summed E-state index contributed by atoms with van der Waals surface area (Å²) >= 11 is 0. The topological polar surface area (TPSA) is 112 Å². The molecule has 238 valence electrons. The molecule has 0 radical (unpaired) electrons. The molecule has 3 N–H and O–H groups in total. The van der Waals surface area contributed by atoms with Gasteiger partial charge >= 0.3 is 0 Å². The molecule has 1 aliphatic heterocycles. The number of amides is 2. The lowest BCUT2D eigenvalue weighted by atomic mass is 9.95. The molecule has 1 fully saturated rings. The van der Waals surface area contributed by atoms with E-state index in [4.69, 9.17) is 20.2 Å².